The van der Waals surface area contributed by atoms with E-state index in [1.807, 2.05) is 20.8 Å². The summed E-state index contributed by atoms with van der Waals surface area (Å²) in [7, 11) is 0. The van der Waals surface area contributed by atoms with Gasteiger partial charge in [0.05, 0.1) is 11.5 Å². The van der Waals surface area contributed by atoms with E-state index in [1.165, 1.54) is 19.1 Å². The molecule has 7 heteroatoms. The predicted molar refractivity (Wildman–Crippen MR) is 103 cm³/mol. The van der Waals surface area contributed by atoms with Crippen LogP contribution in [0.2, 0.25) is 0 Å². The number of ether oxygens (including phenoxy) is 3. The Balaban J connectivity index is 1.64. The van der Waals surface area contributed by atoms with Crippen molar-refractivity contribution in [2.45, 2.75) is 46.6 Å². The monoisotopic (exact) mass is 385 g/mol. The molecular weight excluding hydrogens is 362 g/mol. The van der Waals surface area contributed by atoms with Crippen LogP contribution in [0.3, 0.4) is 0 Å². The van der Waals surface area contributed by atoms with Gasteiger partial charge in [0.1, 0.15) is 23.4 Å². The van der Waals surface area contributed by atoms with E-state index < -0.39 is 4.92 Å². The maximum atomic E-state index is 11.4. The van der Waals surface area contributed by atoms with Crippen LogP contribution >= 0.6 is 0 Å². The third-order valence-electron chi connectivity index (χ3n) is 5.03. The molecule has 1 atom stereocenters. The van der Waals surface area contributed by atoms with Crippen molar-refractivity contribution in [1.82, 2.24) is 0 Å². The lowest BCUT2D eigenvalue weighted by molar-refractivity contribution is -0.384. The van der Waals surface area contributed by atoms with Crippen LogP contribution in [0, 0.1) is 30.9 Å². The molecule has 2 aromatic carbocycles. The Kier molecular flexibility index (Phi) is 5.53. The number of esters is 1. The molecule has 1 aliphatic heterocycles. The van der Waals surface area contributed by atoms with E-state index in [0.717, 1.165) is 34.4 Å². The summed E-state index contributed by atoms with van der Waals surface area (Å²) in [5.41, 5.74) is 3.93. The number of nitro benzene ring substituents is 1. The Morgan fingerprint density at radius 3 is 2.46 bits per heavy atom. The third kappa shape index (κ3) is 3.93. The lowest BCUT2D eigenvalue weighted by atomic mass is 9.95. The second-order valence-corrected chi connectivity index (χ2v) is 6.94. The average Bonchev–Trinajstić information content (AvgIpc) is 3.08. The number of non-ortho nitro benzene ring substituents is 1. The Morgan fingerprint density at radius 2 is 1.86 bits per heavy atom. The highest BCUT2D eigenvalue weighted by Gasteiger charge is 2.30. The molecule has 0 amide bonds. The smallest absolute Gasteiger partial charge is 0.308 e. The van der Waals surface area contributed by atoms with Crippen molar-refractivity contribution >= 4 is 11.7 Å². The van der Waals surface area contributed by atoms with Gasteiger partial charge < -0.3 is 14.2 Å². The zero-order valence-electron chi connectivity index (χ0n) is 16.4. The van der Waals surface area contributed by atoms with Crippen LogP contribution in [-0.4, -0.2) is 23.6 Å². The van der Waals surface area contributed by atoms with Gasteiger partial charge >= 0.3 is 5.97 Å². The highest BCUT2D eigenvalue weighted by molar-refractivity contribution is 5.72. The summed E-state index contributed by atoms with van der Waals surface area (Å²) < 4.78 is 17.2. The van der Waals surface area contributed by atoms with Gasteiger partial charge in [-0.15, -0.1) is 0 Å². The molecule has 0 saturated carbocycles. The van der Waals surface area contributed by atoms with Crippen LogP contribution in [0.4, 0.5) is 5.69 Å². The summed E-state index contributed by atoms with van der Waals surface area (Å²) >= 11 is 0. The van der Waals surface area contributed by atoms with Gasteiger partial charge in [0, 0.05) is 37.5 Å². The number of rotatable bonds is 6. The van der Waals surface area contributed by atoms with Crippen molar-refractivity contribution in [2.75, 3.05) is 6.61 Å². The molecule has 2 aromatic rings. The molecule has 7 nitrogen and oxygen atoms in total. The minimum absolute atomic E-state index is 0.0302. The first kappa shape index (κ1) is 19.7. The molecule has 0 aromatic heterocycles. The normalized spacial score (nSPS) is 14.9. The molecule has 0 saturated heterocycles. The second kappa shape index (κ2) is 7.88. The zero-order valence-corrected chi connectivity index (χ0v) is 16.4. The standard InChI is InChI=1S/C21H23NO6/c1-12-13(2)21-19(14(3)20(12)27-15(4)23)11-18(28-21)9-10-26-17-7-5-16(6-8-17)22(24)25/h5-8,18H,9-11H2,1-4H3. The second-order valence-electron chi connectivity index (χ2n) is 6.94. The Bertz CT molecular complexity index is 920. The van der Waals surface area contributed by atoms with E-state index in [2.05, 4.69) is 0 Å². The Hall–Kier alpha value is -3.09. The molecule has 28 heavy (non-hydrogen) atoms. The van der Waals surface area contributed by atoms with E-state index >= 15 is 0 Å². The minimum atomic E-state index is -0.440. The minimum Gasteiger partial charge on any atom is -0.493 e. The molecule has 0 spiro atoms. The molecule has 3 rings (SSSR count). The van der Waals surface area contributed by atoms with Crippen LogP contribution < -0.4 is 14.2 Å². The number of carbonyl (C=O) groups excluding carboxylic acids is 1. The molecule has 1 unspecified atom stereocenters. The van der Waals surface area contributed by atoms with Crippen molar-refractivity contribution in [3.63, 3.8) is 0 Å². The highest BCUT2D eigenvalue weighted by atomic mass is 16.6. The number of nitrogens with zero attached hydrogens (tertiary/aromatic N) is 1. The van der Waals surface area contributed by atoms with Gasteiger partial charge in [-0.25, -0.2) is 0 Å². The van der Waals surface area contributed by atoms with Crippen LogP contribution in [-0.2, 0) is 11.2 Å². The van der Waals surface area contributed by atoms with E-state index in [1.54, 1.807) is 12.1 Å². The first-order valence-corrected chi connectivity index (χ1v) is 9.13. The van der Waals surface area contributed by atoms with Crippen LogP contribution in [0.1, 0.15) is 35.6 Å². The summed E-state index contributed by atoms with van der Waals surface area (Å²) in [6.07, 6.45) is 1.37. The average molecular weight is 385 g/mol. The number of nitro groups is 1. The maximum Gasteiger partial charge on any atom is 0.308 e. The van der Waals surface area contributed by atoms with Crippen molar-refractivity contribution in [2.24, 2.45) is 0 Å². The van der Waals surface area contributed by atoms with Crippen LogP contribution in [0.15, 0.2) is 24.3 Å². The fourth-order valence-electron chi connectivity index (χ4n) is 3.43. The molecule has 1 aliphatic rings. The topological polar surface area (TPSA) is 87.9 Å². The number of hydrogen-bond donors (Lipinski definition) is 0. The lowest BCUT2D eigenvalue weighted by Crippen LogP contribution is -2.17. The van der Waals surface area contributed by atoms with E-state index in [0.29, 0.717) is 24.5 Å². The maximum absolute atomic E-state index is 11.4. The van der Waals surface area contributed by atoms with Crippen molar-refractivity contribution in [3.05, 3.63) is 56.6 Å². The first-order valence-electron chi connectivity index (χ1n) is 9.13. The van der Waals surface area contributed by atoms with Gasteiger partial charge in [-0.1, -0.05) is 0 Å². The SMILES string of the molecule is CC(=O)Oc1c(C)c(C)c2c(c1C)CC(CCOc1ccc([N+](=O)[O-])cc1)O2. The molecule has 0 aliphatic carbocycles. The molecule has 0 N–H and O–H groups in total. The van der Waals surface area contributed by atoms with Crippen LogP contribution in [0.25, 0.3) is 0 Å². The summed E-state index contributed by atoms with van der Waals surface area (Å²) in [5.74, 6) is 1.74. The molecule has 148 valence electrons. The zero-order chi connectivity index (χ0) is 20.4. The van der Waals surface area contributed by atoms with Crippen molar-refractivity contribution < 1.29 is 23.9 Å². The summed E-state index contributed by atoms with van der Waals surface area (Å²) in [5, 5.41) is 10.7. The van der Waals surface area contributed by atoms with E-state index in [9.17, 15) is 14.9 Å². The third-order valence-corrected chi connectivity index (χ3v) is 5.03. The molecule has 1 heterocycles. The molecule has 0 radical (unpaired) electrons. The van der Waals surface area contributed by atoms with Gasteiger partial charge in [0.15, 0.2) is 0 Å². The number of benzene rings is 2. The number of fused-ring (bicyclic) bond motifs is 1. The predicted octanol–water partition coefficient (Wildman–Crippen LogP) is 4.22. The van der Waals surface area contributed by atoms with E-state index in [4.69, 9.17) is 14.2 Å². The van der Waals surface area contributed by atoms with Gasteiger partial charge in [-0.2, -0.15) is 0 Å². The van der Waals surface area contributed by atoms with Crippen molar-refractivity contribution in [1.29, 1.82) is 0 Å². The molecule has 0 bridgehead atoms. The van der Waals surface area contributed by atoms with E-state index in [-0.39, 0.29) is 17.8 Å². The summed E-state index contributed by atoms with van der Waals surface area (Å²) in [6.45, 7) is 7.68. The fraction of sp³-hybridized carbons (Fsp3) is 0.381. The summed E-state index contributed by atoms with van der Waals surface area (Å²) in [4.78, 5) is 21.7. The fourth-order valence-corrected chi connectivity index (χ4v) is 3.43. The summed E-state index contributed by atoms with van der Waals surface area (Å²) in [6, 6.07) is 6.02. The van der Waals surface area contributed by atoms with Gasteiger partial charge in [0.25, 0.3) is 5.69 Å². The lowest BCUT2D eigenvalue weighted by Gasteiger charge is -2.16. The largest absolute Gasteiger partial charge is 0.493 e. The van der Waals surface area contributed by atoms with Crippen molar-refractivity contribution in [3.8, 4) is 17.2 Å². The van der Waals surface area contributed by atoms with Gasteiger partial charge in [-0.3, -0.25) is 14.9 Å². The Morgan fingerprint density at radius 1 is 1.18 bits per heavy atom. The van der Waals surface area contributed by atoms with Gasteiger partial charge in [-0.05, 0) is 49.6 Å². The van der Waals surface area contributed by atoms with Crippen LogP contribution in [0.5, 0.6) is 17.2 Å². The molecular formula is C21H23NO6. The van der Waals surface area contributed by atoms with Gasteiger partial charge in [0.2, 0.25) is 0 Å². The number of carbonyl (C=O) groups is 1. The Labute approximate surface area is 163 Å². The quantitative estimate of drug-likeness (QED) is 0.320. The highest BCUT2D eigenvalue weighted by Crippen LogP contribution is 2.43. The first-order chi connectivity index (χ1) is 13.3. The molecule has 0 fully saturated rings. The number of hydrogen-bond acceptors (Lipinski definition) is 6.